The molecule has 112 valence electrons. The van der Waals surface area contributed by atoms with E-state index in [-0.39, 0.29) is 11.2 Å². The van der Waals surface area contributed by atoms with Crippen LogP contribution in [0.4, 0.5) is 0 Å². The molecule has 1 atom stereocenters. The Morgan fingerprint density at radius 2 is 1.74 bits per heavy atom. The molecule has 2 saturated heterocycles. The van der Waals surface area contributed by atoms with Gasteiger partial charge in [0.05, 0.1) is 22.7 Å². The monoisotopic (exact) mass is 289 g/mol. The van der Waals surface area contributed by atoms with E-state index in [0.717, 1.165) is 25.8 Å². The Morgan fingerprint density at radius 3 is 2.21 bits per heavy atom. The van der Waals surface area contributed by atoms with Gasteiger partial charge in [0.25, 0.3) is 0 Å². The summed E-state index contributed by atoms with van der Waals surface area (Å²) in [6, 6.07) is 0.348. The molecule has 0 aromatic heterocycles. The Bertz CT molecular complexity index is 414. The highest BCUT2D eigenvalue weighted by atomic mass is 32.2. The Morgan fingerprint density at radius 1 is 1.16 bits per heavy atom. The Balaban J connectivity index is 1.83. The molecule has 4 nitrogen and oxygen atoms in total. The maximum Gasteiger partial charge on any atom is 0.150 e. The minimum Gasteiger partial charge on any atom is -0.368 e. The number of hydrogen-bond donors (Lipinski definition) is 1. The smallest absolute Gasteiger partial charge is 0.150 e. The fourth-order valence-electron chi connectivity index (χ4n) is 3.33. The summed E-state index contributed by atoms with van der Waals surface area (Å²) in [7, 11) is -2.75. The maximum atomic E-state index is 11.4. The zero-order valence-corrected chi connectivity index (χ0v) is 13.3. The maximum absolute atomic E-state index is 11.4. The van der Waals surface area contributed by atoms with Crippen LogP contribution in [0.25, 0.3) is 0 Å². The molecule has 1 unspecified atom stereocenters. The molecule has 2 fully saturated rings. The average Bonchev–Trinajstić information content (AvgIpc) is 2.45. The Labute approximate surface area is 117 Å². The van der Waals surface area contributed by atoms with Crippen LogP contribution in [0, 0.1) is 5.92 Å². The lowest BCUT2D eigenvalue weighted by atomic mass is 9.93. The van der Waals surface area contributed by atoms with Crippen molar-refractivity contribution in [1.82, 2.24) is 5.32 Å². The number of hydrogen-bond acceptors (Lipinski definition) is 4. The summed E-state index contributed by atoms with van der Waals surface area (Å²) in [6.07, 6.45) is 2.60. The summed E-state index contributed by atoms with van der Waals surface area (Å²) in [4.78, 5) is 0. The molecule has 5 heteroatoms. The van der Waals surface area contributed by atoms with E-state index in [1.165, 1.54) is 0 Å². The van der Waals surface area contributed by atoms with E-state index in [0.29, 0.717) is 23.5 Å². The van der Waals surface area contributed by atoms with E-state index in [1.54, 1.807) is 0 Å². The molecule has 2 aliphatic rings. The van der Waals surface area contributed by atoms with E-state index < -0.39 is 9.84 Å². The molecule has 0 spiro atoms. The van der Waals surface area contributed by atoms with Crippen LogP contribution in [0.5, 0.6) is 0 Å². The van der Waals surface area contributed by atoms with Crippen molar-refractivity contribution in [1.29, 1.82) is 0 Å². The van der Waals surface area contributed by atoms with Crippen LogP contribution in [0.1, 0.15) is 47.0 Å². The molecule has 0 radical (unpaired) electrons. The summed E-state index contributed by atoms with van der Waals surface area (Å²) in [5.41, 5.74) is -0.221. The van der Waals surface area contributed by atoms with Crippen molar-refractivity contribution in [2.45, 2.75) is 64.2 Å². The quantitative estimate of drug-likeness (QED) is 0.860. The zero-order valence-electron chi connectivity index (χ0n) is 12.5. The number of rotatable bonds is 3. The fraction of sp³-hybridized carbons (Fsp3) is 1.00. The highest BCUT2D eigenvalue weighted by Crippen LogP contribution is 2.37. The third kappa shape index (κ3) is 3.92. The van der Waals surface area contributed by atoms with E-state index in [2.05, 4.69) is 33.0 Å². The van der Waals surface area contributed by atoms with Gasteiger partial charge >= 0.3 is 0 Å². The predicted octanol–water partition coefficient (Wildman–Crippen LogP) is 1.75. The van der Waals surface area contributed by atoms with Crippen molar-refractivity contribution >= 4 is 9.84 Å². The summed E-state index contributed by atoms with van der Waals surface area (Å²) >= 11 is 0. The van der Waals surface area contributed by atoms with Crippen LogP contribution in [0.2, 0.25) is 0 Å². The molecule has 0 saturated carbocycles. The van der Waals surface area contributed by atoms with Crippen LogP contribution in [0.3, 0.4) is 0 Å². The number of ether oxygens (including phenoxy) is 1. The first-order valence-corrected chi connectivity index (χ1v) is 9.06. The molecule has 0 amide bonds. The molecule has 0 aliphatic carbocycles. The molecular formula is C14H27NO3S. The topological polar surface area (TPSA) is 55.4 Å². The van der Waals surface area contributed by atoms with Crippen LogP contribution in [0.15, 0.2) is 0 Å². The van der Waals surface area contributed by atoms with Gasteiger partial charge in [0.1, 0.15) is 9.84 Å². The van der Waals surface area contributed by atoms with Gasteiger partial charge in [0.2, 0.25) is 0 Å². The van der Waals surface area contributed by atoms with Crippen molar-refractivity contribution < 1.29 is 13.2 Å². The molecule has 1 N–H and O–H groups in total. The summed E-state index contributed by atoms with van der Waals surface area (Å²) in [5.74, 6) is 1.20. The second-order valence-corrected chi connectivity index (χ2v) is 9.53. The van der Waals surface area contributed by atoms with E-state index >= 15 is 0 Å². The van der Waals surface area contributed by atoms with E-state index in [9.17, 15) is 8.42 Å². The lowest BCUT2D eigenvalue weighted by molar-refractivity contribution is -0.0699. The normalized spacial score (nSPS) is 33.4. The van der Waals surface area contributed by atoms with Crippen LogP contribution in [-0.4, -0.2) is 43.7 Å². The third-order valence-corrected chi connectivity index (χ3v) is 6.12. The van der Waals surface area contributed by atoms with Crippen molar-refractivity contribution in [3.05, 3.63) is 0 Å². The molecule has 2 aliphatic heterocycles. The molecule has 0 bridgehead atoms. The van der Waals surface area contributed by atoms with Crippen LogP contribution >= 0.6 is 0 Å². The lowest BCUT2D eigenvalue weighted by Crippen LogP contribution is -2.45. The zero-order chi connectivity index (χ0) is 14.3. The largest absolute Gasteiger partial charge is 0.368 e. The number of sulfone groups is 1. The Hall–Kier alpha value is -0.130. The van der Waals surface area contributed by atoms with Gasteiger partial charge in [-0.2, -0.15) is 0 Å². The van der Waals surface area contributed by atoms with Crippen LogP contribution in [-0.2, 0) is 14.6 Å². The molecule has 2 rings (SSSR count). The van der Waals surface area contributed by atoms with Crippen molar-refractivity contribution in [3.63, 3.8) is 0 Å². The van der Waals surface area contributed by atoms with Gasteiger partial charge in [-0.25, -0.2) is 8.42 Å². The highest BCUT2D eigenvalue weighted by molar-refractivity contribution is 7.91. The van der Waals surface area contributed by atoms with Gasteiger partial charge in [-0.15, -0.1) is 0 Å². The molecule has 2 heterocycles. The SMILES string of the molecule is CC1(C)CC(NCC2CCS(=O)(=O)CC2)C(C)(C)O1. The second-order valence-electron chi connectivity index (χ2n) is 7.23. The molecule has 0 aromatic rings. The lowest BCUT2D eigenvalue weighted by Gasteiger charge is -2.30. The minimum absolute atomic E-state index is 0.0724. The first kappa shape index (κ1) is 15.3. The van der Waals surface area contributed by atoms with Gasteiger partial charge in [-0.3, -0.25) is 0 Å². The molecule has 19 heavy (non-hydrogen) atoms. The summed E-state index contributed by atoms with van der Waals surface area (Å²) < 4.78 is 28.9. The first-order valence-electron chi connectivity index (χ1n) is 7.24. The van der Waals surface area contributed by atoms with E-state index in [4.69, 9.17) is 4.74 Å². The number of nitrogens with one attached hydrogen (secondary N) is 1. The van der Waals surface area contributed by atoms with Gasteiger partial charge in [-0.05, 0) is 59.4 Å². The first-order chi connectivity index (χ1) is 8.60. The van der Waals surface area contributed by atoms with Crippen LogP contribution < -0.4 is 5.32 Å². The summed E-state index contributed by atoms with van der Waals surface area (Å²) in [6.45, 7) is 9.42. The average molecular weight is 289 g/mol. The molecule has 0 aromatic carbocycles. The summed E-state index contributed by atoms with van der Waals surface area (Å²) in [5, 5.41) is 3.60. The Kier molecular flexibility index (Phi) is 4.02. The van der Waals surface area contributed by atoms with Gasteiger partial charge < -0.3 is 10.1 Å². The van der Waals surface area contributed by atoms with Gasteiger partial charge in [-0.1, -0.05) is 0 Å². The molecular weight excluding hydrogens is 262 g/mol. The minimum atomic E-state index is -2.75. The standard InChI is InChI=1S/C14H27NO3S/c1-13(2)9-12(14(3,4)18-13)15-10-11-5-7-19(16,17)8-6-11/h11-12,15H,5-10H2,1-4H3. The highest BCUT2D eigenvalue weighted by Gasteiger charge is 2.45. The van der Waals surface area contributed by atoms with Gasteiger partial charge in [0.15, 0.2) is 0 Å². The van der Waals surface area contributed by atoms with Crippen molar-refractivity contribution in [3.8, 4) is 0 Å². The van der Waals surface area contributed by atoms with Crippen molar-refractivity contribution in [2.24, 2.45) is 5.92 Å². The van der Waals surface area contributed by atoms with Crippen molar-refractivity contribution in [2.75, 3.05) is 18.1 Å². The fourth-order valence-corrected chi connectivity index (χ4v) is 4.92. The van der Waals surface area contributed by atoms with E-state index in [1.807, 2.05) is 0 Å². The van der Waals surface area contributed by atoms with Gasteiger partial charge in [0, 0.05) is 6.04 Å². The third-order valence-electron chi connectivity index (χ3n) is 4.40. The second kappa shape index (κ2) is 5.01. The predicted molar refractivity (Wildman–Crippen MR) is 77.0 cm³/mol.